The van der Waals surface area contributed by atoms with Crippen molar-refractivity contribution in [2.24, 2.45) is 0 Å². The van der Waals surface area contributed by atoms with Gasteiger partial charge >= 0.3 is 0 Å². The van der Waals surface area contributed by atoms with Crippen LogP contribution in [0.3, 0.4) is 0 Å². The third kappa shape index (κ3) is 2.60. The van der Waals surface area contributed by atoms with Crippen molar-refractivity contribution >= 4 is 23.2 Å². The van der Waals surface area contributed by atoms with Gasteiger partial charge in [0.15, 0.2) is 11.0 Å². The first kappa shape index (κ1) is 11.5. The van der Waals surface area contributed by atoms with Crippen LogP contribution in [0.2, 0.25) is 5.15 Å². The molecule has 1 heterocycles. The monoisotopic (exact) mass is 250 g/mol. The van der Waals surface area contributed by atoms with Gasteiger partial charge in [0, 0.05) is 11.9 Å². The largest absolute Gasteiger partial charge is 0.322 e. The molecule has 0 aliphatic heterocycles. The van der Waals surface area contributed by atoms with E-state index in [1.165, 1.54) is 12.3 Å². The van der Waals surface area contributed by atoms with Gasteiger partial charge in [-0.15, -0.1) is 0 Å². The van der Waals surface area contributed by atoms with Gasteiger partial charge in [-0.05, 0) is 18.2 Å². The molecule has 1 aromatic carbocycles. The summed E-state index contributed by atoms with van der Waals surface area (Å²) in [7, 11) is 0. The molecule has 3 nitrogen and oxygen atoms in total. The topological polar surface area (TPSA) is 42.0 Å². The standard InChI is InChI=1S/C12H8ClFN2O/c13-11-10(14)9(6-7-15-11)12(17)16-8-4-2-1-3-5-8/h1-7H,(H,16,17). The Morgan fingerprint density at radius 1 is 1.24 bits per heavy atom. The van der Waals surface area contributed by atoms with Crippen LogP contribution in [-0.2, 0) is 0 Å². The van der Waals surface area contributed by atoms with Crippen LogP contribution in [0.25, 0.3) is 0 Å². The summed E-state index contributed by atoms with van der Waals surface area (Å²) in [5.74, 6) is -1.37. The van der Waals surface area contributed by atoms with Gasteiger partial charge in [0.1, 0.15) is 0 Å². The summed E-state index contributed by atoms with van der Waals surface area (Å²) in [5.41, 5.74) is 0.457. The van der Waals surface area contributed by atoms with Crippen LogP contribution in [0.1, 0.15) is 10.4 Å². The quantitative estimate of drug-likeness (QED) is 0.832. The molecule has 1 N–H and O–H groups in total. The number of hydrogen-bond acceptors (Lipinski definition) is 2. The second-order valence-electron chi connectivity index (χ2n) is 3.28. The molecule has 1 aromatic heterocycles. The predicted molar refractivity (Wildman–Crippen MR) is 63.6 cm³/mol. The van der Waals surface area contributed by atoms with Gasteiger partial charge in [-0.25, -0.2) is 9.37 Å². The van der Waals surface area contributed by atoms with Crippen molar-refractivity contribution in [2.75, 3.05) is 5.32 Å². The maximum Gasteiger partial charge on any atom is 0.258 e. The molecule has 0 atom stereocenters. The molecular formula is C12H8ClFN2O. The first-order valence-corrected chi connectivity index (χ1v) is 5.22. The number of nitrogens with zero attached hydrogens (tertiary/aromatic N) is 1. The van der Waals surface area contributed by atoms with E-state index in [-0.39, 0.29) is 10.7 Å². The summed E-state index contributed by atoms with van der Waals surface area (Å²) in [5, 5.41) is 2.25. The van der Waals surface area contributed by atoms with E-state index in [1.54, 1.807) is 24.3 Å². The number of carbonyl (C=O) groups excluding carboxylic acids is 1. The van der Waals surface area contributed by atoms with Crippen molar-refractivity contribution in [3.63, 3.8) is 0 Å². The number of carbonyl (C=O) groups is 1. The fraction of sp³-hybridized carbons (Fsp3) is 0. The molecule has 0 radical (unpaired) electrons. The summed E-state index contributed by atoms with van der Waals surface area (Å²) >= 11 is 5.49. The van der Waals surface area contributed by atoms with Crippen molar-refractivity contribution in [1.82, 2.24) is 4.98 Å². The number of aromatic nitrogens is 1. The Morgan fingerprint density at radius 2 is 1.94 bits per heavy atom. The van der Waals surface area contributed by atoms with E-state index in [2.05, 4.69) is 10.3 Å². The van der Waals surface area contributed by atoms with Gasteiger partial charge in [0.2, 0.25) is 0 Å². The van der Waals surface area contributed by atoms with Gasteiger partial charge in [-0.3, -0.25) is 4.79 Å². The number of anilines is 1. The Morgan fingerprint density at radius 3 is 2.65 bits per heavy atom. The first-order valence-electron chi connectivity index (χ1n) is 4.85. The third-order valence-electron chi connectivity index (χ3n) is 2.12. The molecule has 0 unspecified atom stereocenters. The predicted octanol–water partition coefficient (Wildman–Crippen LogP) is 3.13. The maximum absolute atomic E-state index is 13.5. The smallest absolute Gasteiger partial charge is 0.258 e. The molecule has 0 aliphatic rings. The van der Waals surface area contributed by atoms with E-state index in [0.29, 0.717) is 5.69 Å². The minimum Gasteiger partial charge on any atom is -0.322 e. The van der Waals surface area contributed by atoms with E-state index in [0.717, 1.165) is 0 Å². The zero-order valence-electron chi connectivity index (χ0n) is 8.65. The lowest BCUT2D eigenvalue weighted by Gasteiger charge is -2.05. The number of nitrogens with one attached hydrogen (secondary N) is 1. The lowest BCUT2D eigenvalue weighted by atomic mass is 10.2. The van der Waals surface area contributed by atoms with E-state index >= 15 is 0 Å². The van der Waals surface area contributed by atoms with Crippen molar-refractivity contribution in [3.05, 3.63) is 59.1 Å². The van der Waals surface area contributed by atoms with E-state index in [1.807, 2.05) is 6.07 Å². The Hall–Kier alpha value is -1.94. The Labute approximate surface area is 102 Å². The van der Waals surface area contributed by atoms with Gasteiger partial charge < -0.3 is 5.32 Å². The highest BCUT2D eigenvalue weighted by Crippen LogP contribution is 2.16. The molecule has 0 saturated heterocycles. The number of hydrogen-bond donors (Lipinski definition) is 1. The van der Waals surface area contributed by atoms with Crippen molar-refractivity contribution in [1.29, 1.82) is 0 Å². The van der Waals surface area contributed by atoms with Crippen molar-refractivity contribution in [3.8, 4) is 0 Å². The molecule has 0 fully saturated rings. The second-order valence-corrected chi connectivity index (χ2v) is 3.64. The van der Waals surface area contributed by atoms with Crippen LogP contribution in [0, 0.1) is 5.82 Å². The zero-order valence-corrected chi connectivity index (χ0v) is 9.41. The maximum atomic E-state index is 13.5. The molecule has 17 heavy (non-hydrogen) atoms. The zero-order chi connectivity index (χ0) is 12.3. The summed E-state index contributed by atoms with van der Waals surface area (Å²) in [6.07, 6.45) is 1.28. The molecule has 0 aliphatic carbocycles. The minimum atomic E-state index is -0.817. The summed E-state index contributed by atoms with van der Waals surface area (Å²) in [6.45, 7) is 0. The molecule has 0 saturated carbocycles. The molecule has 86 valence electrons. The molecule has 2 rings (SSSR count). The number of pyridine rings is 1. The van der Waals surface area contributed by atoms with Crippen LogP contribution in [0.15, 0.2) is 42.6 Å². The lowest BCUT2D eigenvalue weighted by Crippen LogP contribution is -2.14. The second kappa shape index (κ2) is 4.93. The molecule has 1 amide bonds. The van der Waals surface area contributed by atoms with Crippen molar-refractivity contribution in [2.45, 2.75) is 0 Å². The molecular weight excluding hydrogens is 243 g/mol. The average molecular weight is 251 g/mol. The summed E-state index contributed by atoms with van der Waals surface area (Å²) in [6, 6.07) is 10.0. The molecule has 0 spiro atoms. The summed E-state index contributed by atoms with van der Waals surface area (Å²) < 4.78 is 13.5. The van der Waals surface area contributed by atoms with Gasteiger partial charge in [0.05, 0.1) is 5.56 Å². The fourth-order valence-electron chi connectivity index (χ4n) is 1.31. The number of para-hydroxylation sites is 1. The highest BCUT2D eigenvalue weighted by atomic mass is 35.5. The average Bonchev–Trinajstić information content (AvgIpc) is 2.34. The van der Waals surface area contributed by atoms with Gasteiger partial charge in [0.25, 0.3) is 5.91 Å². The number of rotatable bonds is 2. The SMILES string of the molecule is O=C(Nc1ccccc1)c1ccnc(Cl)c1F. The van der Waals surface area contributed by atoms with Crippen LogP contribution in [0.4, 0.5) is 10.1 Å². The van der Waals surface area contributed by atoms with E-state index in [4.69, 9.17) is 11.6 Å². The van der Waals surface area contributed by atoms with Crippen molar-refractivity contribution < 1.29 is 9.18 Å². The lowest BCUT2D eigenvalue weighted by molar-refractivity contribution is 0.102. The van der Waals surface area contributed by atoms with Crippen LogP contribution in [0.5, 0.6) is 0 Å². The number of amides is 1. The Kier molecular flexibility index (Phi) is 3.35. The Bertz CT molecular complexity index is 545. The third-order valence-corrected chi connectivity index (χ3v) is 2.39. The highest BCUT2D eigenvalue weighted by Gasteiger charge is 2.14. The van der Waals surface area contributed by atoms with Crippen LogP contribution in [-0.4, -0.2) is 10.9 Å². The first-order chi connectivity index (χ1) is 8.18. The minimum absolute atomic E-state index is 0.131. The van der Waals surface area contributed by atoms with Gasteiger partial charge in [-0.1, -0.05) is 29.8 Å². The van der Waals surface area contributed by atoms with Crippen LogP contribution < -0.4 is 5.32 Å². The number of benzene rings is 1. The molecule has 5 heteroatoms. The van der Waals surface area contributed by atoms with E-state index < -0.39 is 11.7 Å². The van der Waals surface area contributed by atoms with Crippen LogP contribution >= 0.6 is 11.6 Å². The van der Waals surface area contributed by atoms with E-state index in [9.17, 15) is 9.18 Å². The highest BCUT2D eigenvalue weighted by molar-refractivity contribution is 6.30. The Balaban J connectivity index is 2.24. The summed E-state index contributed by atoms with van der Waals surface area (Å²) in [4.78, 5) is 15.3. The normalized spacial score (nSPS) is 10.0. The molecule has 2 aromatic rings. The fourth-order valence-corrected chi connectivity index (χ4v) is 1.47. The molecule has 0 bridgehead atoms. The number of halogens is 2. The van der Waals surface area contributed by atoms with Gasteiger partial charge in [-0.2, -0.15) is 0 Å².